The summed E-state index contributed by atoms with van der Waals surface area (Å²) < 4.78 is 12.7. The maximum Gasteiger partial charge on any atom is 0.342 e. The van der Waals surface area contributed by atoms with Gasteiger partial charge in [0.15, 0.2) is 0 Å². The van der Waals surface area contributed by atoms with Gasteiger partial charge in [-0.05, 0) is 38.5 Å². The van der Waals surface area contributed by atoms with Crippen molar-refractivity contribution in [2.45, 2.75) is 52.7 Å². The maximum atomic E-state index is 12.7. The summed E-state index contributed by atoms with van der Waals surface area (Å²) >= 11 is 0. The van der Waals surface area contributed by atoms with Crippen molar-refractivity contribution in [3.8, 4) is 5.75 Å². The van der Waals surface area contributed by atoms with Gasteiger partial charge in [0.1, 0.15) is 17.0 Å². The number of fused-ring (bicyclic) bond motifs is 1. The van der Waals surface area contributed by atoms with E-state index in [1.165, 1.54) is 0 Å². The van der Waals surface area contributed by atoms with Crippen LogP contribution in [0.15, 0.2) is 30.5 Å². The van der Waals surface area contributed by atoms with Crippen LogP contribution >= 0.6 is 0 Å². The standard InChI is InChI=1S/C22H29N3O3/c1-14(2)28-21(26)18-11-23-13-22(4,5)19-15(3)25(24-20(18)19)12-16-7-9-17(27-6)10-8-16/h7-11,14,23H,12-13H2,1-6H3. The lowest BCUT2D eigenvalue weighted by Gasteiger charge is -2.24. The van der Waals surface area contributed by atoms with Gasteiger partial charge in [-0.3, -0.25) is 4.68 Å². The Morgan fingerprint density at radius 3 is 2.57 bits per heavy atom. The van der Waals surface area contributed by atoms with Crippen LogP contribution in [-0.2, 0) is 21.5 Å². The lowest BCUT2D eigenvalue weighted by molar-refractivity contribution is -0.140. The molecule has 0 saturated heterocycles. The van der Waals surface area contributed by atoms with Crippen molar-refractivity contribution in [1.29, 1.82) is 0 Å². The van der Waals surface area contributed by atoms with Crippen molar-refractivity contribution < 1.29 is 14.3 Å². The fraction of sp³-hybridized carbons (Fsp3) is 0.455. The number of carbonyl (C=O) groups excluding carboxylic acids is 1. The second-order valence-electron chi connectivity index (χ2n) is 8.09. The number of aromatic nitrogens is 2. The first kappa shape index (κ1) is 20.0. The van der Waals surface area contributed by atoms with Gasteiger partial charge in [0.05, 0.1) is 19.8 Å². The van der Waals surface area contributed by atoms with E-state index in [-0.39, 0.29) is 17.5 Å². The third kappa shape index (κ3) is 3.91. The molecule has 2 heterocycles. The fourth-order valence-corrected chi connectivity index (χ4v) is 3.60. The zero-order valence-electron chi connectivity index (χ0n) is 17.5. The lowest BCUT2D eigenvalue weighted by Crippen LogP contribution is -2.30. The molecule has 0 saturated carbocycles. The van der Waals surface area contributed by atoms with E-state index in [9.17, 15) is 4.79 Å². The van der Waals surface area contributed by atoms with Gasteiger partial charge in [-0.2, -0.15) is 5.10 Å². The summed E-state index contributed by atoms with van der Waals surface area (Å²) in [6.45, 7) is 11.4. The molecule has 1 aromatic heterocycles. The van der Waals surface area contributed by atoms with Crippen LogP contribution in [-0.4, -0.2) is 35.5 Å². The number of hydrogen-bond donors (Lipinski definition) is 1. The molecule has 0 spiro atoms. The number of ether oxygens (including phenoxy) is 2. The summed E-state index contributed by atoms with van der Waals surface area (Å²) in [7, 11) is 1.66. The van der Waals surface area contributed by atoms with Crippen molar-refractivity contribution in [2.24, 2.45) is 0 Å². The Kier molecular flexibility index (Phi) is 5.49. The molecule has 150 valence electrons. The molecule has 1 N–H and O–H groups in total. The van der Waals surface area contributed by atoms with Crippen molar-refractivity contribution in [2.75, 3.05) is 13.7 Å². The van der Waals surface area contributed by atoms with E-state index in [1.54, 1.807) is 13.3 Å². The molecule has 1 aliphatic heterocycles. The molecule has 0 aliphatic carbocycles. The Balaban J connectivity index is 2.02. The van der Waals surface area contributed by atoms with E-state index >= 15 is 0 Å². The van der Waals surface area contributed by atoms with Crippen LogP contribution in [0.25, 0.3) is 5.57 Å². The normalized spacial score (nSPS) is 15.3. The van der Waals surface area contributed by atoms with Gasteiger partial charge in [-0.1, -0.05) is 26.0 Å². The fourth-order valence-electron chi connectivity index (χ4n) is 3.60. The van der Waals surface area contributed by atoms with E-state index in [0.29, 0.717) is 24.4 Å². The van der Waals surface area contributed by atoms with Crippen molar-refractivity contribution >= 4 is 11.5 Å². The first-order chi connectivity index (χ1) is 13.2. The van der Waals surface area contributed by atoms with Gasteiger partial charge in [-0.15, -0.1) is 0 Å². The molecule has 0 atom stereocenters. The molecule has 1 aromatic carbocycles. The largest absolute Gasteiger partial charge is 0.497 e. The molecule has 0 amide bonds. The first-order valence-electron chi connectivity index (χ1n) is 9.58. The monoisotopic (exact) mass is 383 g/mol. The quantitative estimate of drug-likeness (QED) is 0.802. The average molecular weight is 383 g/mol. The number of methoxy groups -OCH3 is 1. The minimum atomic E-state index is -0.351. The van der Waals surface area contributed by atoms with E-state index < -0.39 is 0 Å². The number of carbonyl (C=O) groups is 1. The minimum absolute atomic E-state index is 0.173. The average Bonchev–Trinajstić information content (AvgIpc) is 2.88. The summed E-state index contributed by atoms with van der Waals surface area (Å²) in [6, 6.07) is 7.94. The molecule has 0 unspecified atom stereocenters. The molecule has 28 heavy (non-hydrogen) atoms. The van der Waals surface area contributed by atoms with Crippen molar-refractivity contribution in [3.63, 3.8) is 0 Å². The Morgan fingerprint density at radius 1 is 1.29 bits per heavy atom. The lowest BCUT2D eigenvalue weighted by atomic mass is 9.82. The molecule has 0 fully saturated rings. The number of benzene rings is 1. The van der Waals surface area contributed by atoms with Crippen LogP contribution in [0, 0.1) is 6.92 Å². The second-order valence-corrected chi connectivity index (χ2v) is 8.09. The van der Waals surface area contributed by atoms with Crippen LogP contribution in [0.1, 0.15) is 50.2 Å². The van der Waals surface area contributed by atoms with E-state index in [2.05, 4.69) is 26.1 Å². The van der Waals surface area contributed by atoms with E-state index in [1.807, 2.05) is 42.8 Å². The molecular weight excluding hydrogens is 354 g/mol. The molecular formula is C22H29N3O3. The van der Waals surface area contributed by atoms with Crippen molar-refractivity contribution in [3.05, 3.63) is 53.0 Å². The van der Waals surface area contributed by atoms with Crippen LogP contribution < -0.4 is 10.1 Å². The molecule has 0 radical (unpaired) electrons. The van der Waals surface area contributed by atoms with Gasteiger partial charge in [0.2, 0.25) is 0 Å². The topological polar surface area (TPSA) is 65.4 Å². The zero-order chi connectivity index (χ0) is 20.5. The molecule has 2 aromatic rings. The Hall–Kier alpha value is -2.76. The molecule has 3 rings (SSSR count). The van der Waals surface area contributed by atoms with Crippen LogP contribution in [0.2, 0.25) is 0 Å². The highest BCUT2D eigenvalue weighted by atomic mass is 16.5. The summed E-state index contributed by atoms with van der Waals surface area (Å²) in [5.74, 6) is 0.473. The smallest absolute Gasteiger partial charge is 0.342 e. The highest BCUT2D eigenvalue weighted by molar-refractivity contribution is 6.16. The Labute approximate surface area is 166 Å². The third-order valence-electron chi connectivity index (χ3n) is 4.98. The molecule has 6 heteroatoms. The number of hydrogen-bond acceptors (Lipinski definition) is 5. The number of esters is 1. The van der Waals surface area contributed by atoms with Gasteiger partial charge < -0.3 is 14.8 Å². The first-order valence-corrected chi connectivity index (χ1v) is 9.58. The second kappa shape index (κ2) is 7.70. The number of rotatable bonds is 5. The summed E-state index contributed by atoms with van der Waals surface area (Å²) in [4.78, 5) is 12.7. The SMILES string of the molecule is COc1ccc(Cn2nc3c(c2C)C(C)(C)CNC=C3C(=O)OC(C)C)cc1. The van der Waals surface area contributed by atoms with Crippen LogP contribution in [0.4, 0.5) is 0 Å². The zero-order valence-corrected chi connectivity index (χ0v) is 17.5. The summed E-state index contributed by atoms with van der Waals surface area (Å²) in [5.41, 5.74) is 4.26. The molecule has 6 nitrogen and oxygen atoms in total. The van der Waals surface area contributed by atoms with E-state index in [4.69, 9.17) is 14.6 Å². The highest BCUT2D eigenvalue weighted by Gasteiger charge is 2.35. The number of nitrogens with zero attached hydrogens (tertiary/aromatic N) is 2. The molecule has 0 bridgehead atoms. The Bertz CT molecular complexity index is 892. The van der Waals surface area contributed by atoms with Crippen LogP contribution in [0.5, 0.6) is 5.75 Å². The maximum absolute atomic E-state index is 12.7. The van der Waals surface area contributed by atoms with Gasteiger partial charge in [0, 0.05) is 29.4 Å². The number of nitrogens with one attached hydrogen (secondary N) is 1. The van der Waals surface area contributed by atoms with Crippen molar-refractivity contribution in [1.82, 2.24) is 15.1 Å². The van der Waals surface area contributed by atoms with Gasteiger partial charge >= 0.3 is 5.97 Å². The third-order valence-corrected chi connectivity index (χ3v) is 4.98. The van der Waals surface area contributed by atoms with Gasteiger partial charge in [-0.25, -0.2) is 4.79 Å². The van der Waals surface area contributed by atoms with E-state index in [0.717, 1.165) is 22.6 Å². The Morgan fingerprint density at radius 2 is 1.96 bits per heavy atom. The predicted octanol–water partition coefficient (Wildman–Crippen LogP) is 3.42. The van der Waals surface area contributed by atoms with Gasteiger partial charge in [0.25, 0.3) is 0 Å². The predicted molar refractivity (Wildman–Crippen MR) is 109 cm³/mol. The summed E-state index contributed by atoms with van der Waals surface area (Å²) in [6.07, 6.45) is 1.55. The summed E-state index contributed by atoms with van der Waals surface area (Å²) in [5, 5.41) is 8.09. The minimum Gasteiger partial charge on any atom is -0.497 e. The van der Waals surface area contributed by atoms with Crippen LogP contribution in [0.3, 0.4) is 0 Å². The highest BCUT2D eigenvalue weighted by Crippen LogP contribution is 2.35. The molecule has 1 aliphatic rings.